The third-order valence-electron chi connectivity index (χ3n) is 10.5. The van der Waals surface area contributed by atoms with Gasteiger partial charge >= 0.3 is 0 Å². The molecule has 0 spiro atoms. The fourth-order valence-electron chi connectivity index (χ4n) is 7.80. The first kappa shape index (κ1) is 31.7. The van der Waals surface area contributed by atoms with E-state index < -0.39 is 0 Å². The van der Waals surface area contributed by atoms with Crippen molar-refractivity contribution in [1.82, 2.24) is 10.3 Å². The minimum atomic E-state index is -0.339. The molecule has 0 bridgehead atoms. The molecule has 4 nitrogen and oxygen atoms in total. The van der Waals surface area contributed by atoms with Gasteiger partial charge in [-0.15, -0.1) is 0 Å². The van der Waals surface area contributed by atoms with E-state index in [0.29, 0.717) is 0 Å². The normalized spacial score (nSPS) is 14.9. The van der Waals surface area contributed by atoms with Crippen molar-refractivity contribution in [3.05, 3.63) is 210 Å². The Balaban J connectivity index is 1.20. The summed E-state index contributed by atoms with van der Waals surface area (Å²) >= 11 is 0. The lowest BCUT2D eigenvalue weighted by Gasteiger charge is -2.28. The number of pyridine rings is 1. The highest BCUT2D eigenvalue weighted by molar-refractivity contribution is 6.24. The predicted octanol–water partition coefficient (Wildman–Crippen LogP) is 11.9. The maximum Gasteiger partial charge on any atom is 0.145 e. The van der Waals surface area contributed by atoms with Crippen molar-refractivity contribution in [2.75, 3.05) is 11.9 Å². The average Bonchev–Trinajstić information content (AvgIpc) is 3.26. The van der Waals surface area contributed by atoms with Crippen molar-refractivity contribution in [3.63, 3.8) is 0 Å². The third kappa shape index (κ3) is 5.94. The van der Waals surface area contributed by atoms with Crippen LogP contribution in [0.1, 0.15) is 28.4 Å². The van der Waals surface area contributed by atoms with Gasteiger partial charge < -0.3 is 10.6 Å². The van der Waals surface area contributed by atoms with Gasteiger partial charge in [0.25, 0.3) is 0 Å². The van der Waals surface area contributed by atoms with Gasteiger partial charge in [-0.2, -0.15) is 0 Å². The number of anilines is 1. The quantitative estimate of drug-likeness (QED) is 0.182. The zero-order valence-corrected chi connectivity index (χ0v) is 29.6. The topological polar surface area (TPSA) is 49.3 Å². The molecule has 0 amide bonds. The van der Waals surface area contributed by atoms with Gasteiger partial charge in [0, 0.05) is 40.8 Å². The van der Waals surface area contributed by atoms with Crippen LogP contribution in [0.3, 0.4) is 0 Å². The standard InChI is InChI=1S/C50H36N4/c1-2-12-33(13-3-1)38-27-39(37-21-20-34-14-4-5-16-36(34)26-37)29-43(28-38)50-53-47-23-22-35-15-6-7-17-44(35)48(47)49(54-50)42-31-40(45-18-8-10-24-51-45)30-41(32-42)46-19-9-11-25-52-46/h1-24,26-32,50,52-53H,25H2. The highest BCUT2D eigenvalue weighted by atomic mass is 15.1. The van der Waals surface area contributed by atoms with E-state index >= 15 is 0 Å². The number of aliphatic imine (C=N–C) groups is 1. The van der Waals surface area contributed by atoms with Crippen molar-refractivity contribution in [1.29, 1.82) is 0 Å². The Hall–Kier alpha value is -7.04. The van der Waals surface area contributed by atoms with Crippen LogP contribution >= 0.6 is 0 Å². The Morgan fingerprint density at radius 1 is 0.519 bits per heavy atom. The van der Waals surface area contributed by atoms with Crippen molar-refractivity contribution in [2.24, 2.45) is 4.99 Å². The Bertz CT molecular complexity index is 2800. The average molecular weight is 693 g/mol. The van der Waals surface area contributed by atoms with Crippen LogP contribution < -0.4 is 10.6 Å². The number of rotatable bonds is 6. The van der Waals surface area contributed by atoms with Gasteiger partial charge in [-0.25, -0.2) is 0 Å². The second-order valence-electron chi connectivity index (χ2n) is 13.9. The van der Waals surface area contributed by atoms with Gasteiger partial charge in [-0.1, -0.05) is 115 Å². The maximum absolute atomic E-state index is 5.69. The van der Waals surface area contributed by atoms with Crippen LogP contribution in [0.25, 0.3) is 60.8 Å². The lowest BCUT2D eigenvalue weighted by Crippen LogP contribution is -2.22. The van der Waals surface area contributed by atoms with Crippen LogP contribution in [0.2, 0.25) is 0 Å². The van der Waals surface area contributed by atoms with Gasteiger partial charge in [0.05, 0.1) is 11.4 Å². The molecule has 1 aromatic heterocycles. The van der Waals surface area contributed by atoms with Crippen LogP contribution in [0, 0.1) is 0 Å². The molecule has 0 aliphatic carbocycles. The van der Waals surface area contributed by atoms with E-state index in [2.05, 4.69) is 181 Å². The maximum atomic E-state index is 5.69. The highest BCUT2D eigenvalue weighted by Gasteiger charge is 2.26. The summed E-state index contributed by atoms with van der Waals surface area (Å²) in [7, 11) is 0. The summed E-state index contributed by atoms with van der Waals surface area (Å²) in [6.45, 7) is 0.784. The van der Waals surface area contributed by atoms with Gasteiger partial charge in [0.15, 0.2) is 0 Å². The van der Waals surface area contributed by atoms with Crippen LogP contribution in [0.15, 0.2) is 193 Å². The number of nitrogens with one attached hydrogen (secondary N) is 2. The van der Waals surface area contributed by atoms with E-state index in [1.165, 1.54) is 27.3 Å². The molecule has 0 saturated heterocycles. The summed E-state index contributed by atoms with van der Waals surface area (Å²) in [4.78, 5) is 10.5. The smallest absolute Gasteiger partial charge is 0.145 e. The molecule has 7 aromatic carbocycles. The van der Waals surface area contributed by atoms with Gasteiger partial charge in [-0.3, -0.25) is 9.98 Å². The molecule has 10 rings (SSSR count). The van der Waals surface area contributed by atoms with Crippen molar-refractivity contribution in [3.8, 4) is 33.5 Å². The van der Waals surface area contributed by atoms with E-state index in [-0.39, 0.29) is 6.17 Å². The minimum Gasteiger partial charge on any atom is -0.381 e. The summed E-state index contributed by atoms with van der Waals surface area (Å²) in [5.74, 6) is 0. The molecule has 256 valence electrons. The summed E-state index contributed by atoms with van der Waals surface area (Å²) in [6, 6.07) is 58.7. The molecule has 54 heavy (non-hydrogen) atoms. The summed E-state index contributed by atoms with van der Waals surface area (Å²) in [6.07, 6.45) is 7.91. The molecule has 0 fully saturated rings. The SMILES string of the molecule is C1=CCNC(c2cc(C3=NC(c4cc(-c5ccccc5)cc(-c5ccc6ccccc6c5)c4)Nc4ccc5ccccc5c43)cc(-c3ccccn3)c2)=C1. The molecule has 2 aliphatic heterocycles. The number of dihydropyridines is 1. The summed E-state index contributed by atoms with van der Waals surface area (Å²) < 4.78 is 0. The molecule has 8 aromatic rings. The molecular weight excluding hydrogens is 657 g/mol. The van der Waals surface area contributed by atoms with Crippen LogP contribution in [-0.4, -0.2) is 17.2 Å². The van der Waals surface area contributed by atoms with Crippen molar-refractivity contribution < 1.29 is 0 Å². The number of hydrogen-bond acceptors (Lipinski definition) is 4. The molecule has 2 aliphatic rings. The Labute approximate surface area is 314 Å². The first-order valence-electron chi connectivity index (χ1n) is 18.5. The molecule has 0 saturated carbocycles. The Morgan fingerprint density at radius 2 is 1.24 bits per heavy atom. The van der Waals surface area contributed by atoms with Crippen LogP contribution in [-0.2, 0) is 0 Å². The Kier molecular flexibility index (Phi) is 7.92. The lowest BCUT2D eigenvalue weighted by atomic mass is 9.89. The Morgan fingerprint density at radius 3 is 2.07 bits per heavy atom. The van der Waals surface area contributed by atoms with Gasteiger partial charge in [0.1, 0.15) is 6.17 Å². The number of benzene rings is 7. The minimum absolute atomic E-state index is 0.339. The zero-order chi connectivity index (χ0) is 35.8. The molecule has 2 N–H and O–H groups in total. The second-order valence-corrected chi connectivity index (χ2v) is 13.9. The largest absolute Gasteiger partial charge is 0.381 e. The first-order valence-corrected chi connectivity index (χ1v) is 18.5. The molecule has 0 radical (unpaired) electrons. The molecular formula is C50H36N4. The van der Waals surface area contributed by atoms with E-state index in [1.54, 1.807) is 0 Å². The van der Waals surface area contributed by atoms with E-state index in [4.69, 9.17) is 9.98 Å². The van der Waals surface area contributed by atoms with E-state index in [1.807, 2.05) is 18.3 Å². The number of nitrogens with zero attached hydrogens (tertiary/aromatic N) is 2. The summed E-state index contributed by atoms with van der Waals surface area (Å²) in [5, 5.41) is 12.3. The second kappa shape index (κ2) is 13.5. The van der Waals surface area contributed by atoms with Crippen LogP contribution in [0.4, 0.5) is 5.69 Å². The highest BCUT2D eigenvalue weighted by Crippen LogP contribution is 2.40. The fourth-order valence-corrected chi connectivity index (χ4v) is 7.80. The van der Waals surface area contributed by atoms with E-state index in [0.717, 1.165) is 73.7 Å². The van der Waals surface area contributed by atoms with Gasteiger partial charge in [0.2, 0.25) is 0 Å². The van der Waals surface area contributed by atoms with Gasteiger partial charge in [-0.05, 0) is 122 Å². The molecule has 3 heterocycles. The third-order valence-corrected chi connectivity index (χ3v) is 10.5. The predicted molar refractivity (Wildman–Crippen MR) is 226 cm³/mol. The fraction of sp³-hybridized carbons (Fsp3) is 0.0400. The monoisotopic (exact) mass is 692 g/mol. The van der Waals surface area contributed by atoms with Crippen LogP contribution in [0.5, 0.6) is 0 Å². The molecule has 1 unspecified atom stereocenters. The first-order chi connectivity index (χ1) is 26.7. The van der Waals surface area contributed by atoms with Crippen molar-refractivity contribution >= 4 is 38.6 Å². The number of fused-ring (bicyclic) bond motifs is 4. The lowest BCUT2D eigenvalue weighted by molar-refractivity contribution is 0.830. The molecule has 4 heteroatoms. The number of aromatic nitrogens is 1. The number of allylic oxidation sites excluding steroid dienone is 2. The van der Waals surface area contributed by atoms with Crippen molar-refractivity contribution in [2.45, 2.75) is 6.17 Å². The van der Waals surface area contributed by atoms with E-state index in [9.17, 15) is 0 Å². The summed E-state index contributed by atoms with van der Waals surface area (Å²) in [5.41, 5.74) is 14.1. The molecule has 1 atom stereocenters. The zero-order valence-electron chi connectivity index (χ0n) is 29.6. The number of hydrogen-bond donors (Lipinski definition) is 2.